The number of aromatic amines is 1. The lowest BCUT2D eigenvalue weighted by molar-refractivity contribution is 0.622. The number of halogens is 1. The van der Waals surface area contributed by atoms with Crippen LogP contribution in [0.1, 0.15) is 19.8 Å². The van der Waals surface area contributed by atoms with Crippen molar-refractivity contribution in [3.8, 4) is 11.1 Å². The maximum atomic E-state index is 13.1. The van der Waals surface area contributed by atoms with Gasteiger partial charge in [-0.25, -0.2) is 0 Å². The normalized spacial score (nSPS) is 12.7. The molecule has 0 bridgehead atoms. The summed E-state index contributed by atoms with van der Waals surface area (Å²) >= 11 is 6.66. The third-order valence-corrected chi connectivity index (χ3v) is 5.53. The third-order valence-electron chi connectivity index (χ3n) is 5.12. The van der Waals surface area contributed by atoms with Crippen molar-refractivity contribution in [1.82, 2.24) is 24.3 Å². The van der Waals surface area contributed by atoms with Crippen molar-refractivity contribution in [1.29, 1.82) is 0 Å². The van der Waals surface area contributed by atoms with E-state index in [1.54, 1.807) is 17.9 Å². The Balaban J connectivity index is 1.79. The molecule has 0 saturated heterocycles. The molecule has 0 fully saturated rings. The zero-order valence-electron chi connectivity index (χ0n) is 16.7. The van der Waals surface area contributed by atoms with Crippen molar-refractivity contribution >= 4 is 39.5 Å². The number of aryl methyl sites for hydroxylation is 1. The van der Waals surface area contributed by atoms with E-state index in [-0.39, 0.29) is 11.6 Å². The number of aromatic nitrogens is 5. The van der Waals surface area contributed by atoms with E-state index in [1.165, 1.54) is 4.57 Å². The molecule has 1 atom stereocenters. The Bertz CT molecular complexity index is 1250. The number of anilines is 1. The molecule has 0 aliphatic carbocycles. The second-order valence-corrected chi connectivity index (χ2v) is 7.70. The molecule has 0 amide bonds. The van der Waals surface area contributed by atoms with Gasteiger partial charge in [0.1, 0.15) is 5.65 Å². The van der Waals surface area contributed by atoms with E-state index >= 15 is 0 Å². The number of hydrogen-bond acceptors (Lipinski definition) is 5. The molecule has 0 saturated carbocycles. The van der Waals surface area contributed by atoms with Crippen molar-refractivity contribution in [2.75, 3.05) is 11.9 Å². The lowest BCUT2D eigenvalue weighted by Gasteiger charge is -2.14. The number of rotatable bonds is 6. The van der Waals surface area contributed by atoms with Gasteiger partial charge in [-0.1, -0.05) is 31.0 Å². The Morgan fingerprint density at radius 2 is 2.10 bits per heavy atom. The maximum absolute atomic E-state index is 13.1. The van der Waals surface area contributed by atoms with E-state index in [1.807, 2.05) is 25.4 Å². The molecule has 29 heavy (non-hydrogen) atoms. The molecule has 9 heteroatoms. The summed E-state index contributed by atoms with van der Waals surface area (Å²) in [6, 6.07) is 3.80. The van der Waals surface area contributed by atoms with E-state index in [0.29, 0.717) is 28.5 Å². The summed E-state index contributed by atoms with van der Waals surface area (Å²) in [4.78, 5) is 20.8. The molecule has 0 aliphatic heterocycles. The summed E-state index contributed by atoms with van der Waals surface area (Å²) in [5, 5.41) is 9.47. The molecular formula is C20H24ClN7O. The van der Waals surface area contributed by atoms with Crippen LogP contribution < -0.4 is 16.6 Å². The van der Waals surface area contributed by atoms with Crippen molar-refractivity contribution in [2.45, 2.75) is 25.8 Å². The van der Waals surface area contributed by atoms with Gasteiger partial charge in [-0.05, 0) is 12.5 Å². The Kier molecular flexibility index (Phi) is 5.06. The molecule has 4 N–H and O–H groups in total. The van der Waals surface area contributed by atoms with Gasteiger partial charge in [-0.3, -0.25) is 14.0 Å². The van der Waals surface area contributed by atoms with Gasteiger partial charge in [0.25, 0.3) is 5.56 Å². The van der Waals surface area contributed by atoms with Crippen LogP contribution in [0, 0.1) is 0 Å². The molecule has 152 valence electrons. The molecule has 4 aromatic rings. The molecule has 0 spiro atoms. The zero-order valence-corrected chi connectivity index (χ0v) is 17.4. The first-order chi connectivity index (χ1) is 13.9. The molecule has 3 aromatic heterocycles. The predicted octanol–water partition coefficient (Wildman–Crippen LogP) is 3.01. The van der Waals surface area contributed by atoms with Crippen LogP contribution in [0.4, 0.5) is 5.95 Å². The molecule has 3 heterocycles. The number of nitrogens with zero attached hydrogens (tertiary/aromatic N) is 4. The molecule has 0 radical (unpaired) electrons. The van der Waals surface area contributed by atoms with Crippen LogP contribution in [0.15, 0.2) is 29.3 Å². The van der Waals surface area contributed by atoms with Crippen LogP contribution in [-0.4, -0.2) is 36.9 Å². The van der Waals surface area contributed by atoms with E-state index in [0.717, 1.165) is 34.9 Å². The van der Waals surface area contributed by atoms with E-state index in [4.69, 9.17) is 17.3 Å². The van der Waals surface area contributed by atoms with Crippen LogP contribution in [0.3, 0.4) is 0 Å². The average molecular weight is 414 g/mol. The van der Waals surface area contributed by atoms with Gasteiger partial charge < -0.3 is 16.0 Å². The highest BCUT2D eigenvalue weighted by atomic mass is 35.5. The topological polar surface area (TPSA) is 107 Å². The van der Waals surface area contributed by atoms with E-state index in [2.05, 4.69) is 27.3 Å². The number of fused-ring (bicyclic) bond motifs is 2. The highest BCUT2D eigenvalue weighted by Crippen LogP contribution is 2.36. The van der Waals surface area contributed by atoms with Crippen LogP contribution in [0.2, 0.25) is 5.02 Å². The standard InChI is InChI=1S/C20H24ClN7O/c1-4-5-11(22)8-24-20-25-18-16(19(29)28(20)3)13(9-23-18)12-6-7-15-14(17(12)21)10-27(2)26-15/h6-7,9-11,23H,4-5,8,22H2,1-3H3,(H,24,25)/t11-/m0/s1. The smallest absolute Gasteiger partial charge is 0.264 e. The van der Waals surface area contributed by atoms with Crippen LogP contribution in [0.25, 0.3) is 33.1 Å². The van der Waals surface area contributed by atoms with E-state index in [9.17, 15) is 4.79 Å². The summed E-state index contributed by atoms with van der Waals surface area (Å²) in [5.41, 5.74) is 8.72. The molecule has 4 rings (SSSR count). The van der Waals surface area contributed by atoms with Gasteiger partial charge in [0.15, 0.2) is 0 Å². The zero-order chi connectivity index (χ0) is 20.7. The van der Waals surface area contributed by atoms with Crippen LogP contribution >= 0.6 is 11.6 Å². The SMILES string of the molecule is CCC[C@H](N)CNc1nc2[nH]cc(-c3ccc4nn(C)cc4c3Cl)c2c(=O)n1C. The molecule has 1 aromatic carbocycles. The summed E-state index contributed by atoms with van der Waals surface area (Å²) < 4.78 is 3.23. The minimum absolute atomic E-state index is 0.0109. The fourth-order valence-electron chi connectivity index (χ4n) is 3.61. The first-order valence-corrected chi connectivity index (χ1v) is 9.98. The predicted molar refractivity (Wildman–Crippen MR) is 117 cm³/mol. The van der Waals surface area contributed by atoms with Gasteiger partial charge in [-0.15, -0.1) is 0 Å². The van der Waals surface area contributed by atoms with Gasteiger partial charge in [-0.2, -0.15) is 10.1 Å². The third kappa shape index (κ3) is 3.38. The Morgan fingerprint density at radius 1 is 1.31 bits per heavy atom. The first-order valence-electron chi connectivity index (χ1n) is 9.60. The number of nitrogens with one attached hydrogen (secondary N) is 2. The summed E-state index contributed by atoms with van der Waals surface area (Å²) in [6.45, 7) is 2.64. The summed E-state index contributed by atoms with van der Waals surface area (Å²) in [6.07, 6.45) is 5.56. The second kappa shape index (κ2) is 7.53. The van der Waals surface area contributed by atoms with Gasteiger partial charge in [0.05, 0.1) is 15.9 Å². The van der Waals surface area contributed by atoms with Gasteiger partial charge in [0.2, 0.25) is 5.95 Å². The maximum Gasteiger partial charge on any atom is 0.264 e. The van der Waals surface area contributed by atoms with Crippen LogP contribution in [0.5, 0.6) is 0 Å². The minimum Gasteiger partial charge on any atom is -0.354 e. The van der Waals surface area contributed by atoms with Crippen molar-refractivity contribution < 1.29 is 0 Å². The van der Waals surface area contributed by atoms with Crippen LogP contribution in [-0.2, 0) is 14.1 Å². The summed E-state index contributed by atoms with van der Waals surface area (Å²) in [7, 11) is 3.55. The highest BCUT2D eigenvalue weighted by molar-refractivity contribution is 6.38. The largest absolute Gasteiger partial charge is 0.354 e. The van der Waals surface area contributed by atoms with Gasteiger partial charge in [0, 0.05) is 55.6 Å². The average Bonchev–Trinajstić information content (AvgIpc) is 3.27. The lowest BCUT2D eigenvalue weighted by atomic mass is 10.0. The Hall–Kier alpha value is -2.84. The van der Waals surface area contributed by atoms with Crippen molar-refractivity contribution in [3.05, 3.63) is 39.9 Å². The van der Waals surface area contributed by atoms with Crippen molar-refractivity contribution in [2.24, 2.45) is 19.8 Å². The molecule has 8 nitrogen and oxygen atoms in total. The fourth-order valence-corrected chi connectivity index (χ4v) is 3.92. The Labute approximate surface area is 172 Å². The quantitative estimate of drug-likeness (QED) is 0.450. The first kappa shape index (κ1) is 19.5. The monoisotopic (exact) mass is 413 g/mol. The summed E-state index contributed by atoms with van der Waals surface area (Å²) in [5.74, 6) is 0.483. The number of nitrogens with two attached hydrogens (primary N) is 1. The minimum atomic E-state index is -0.153. The van der Waals surface area contributed by atoms with Crippen molar-refractivity contribution in [3.63, 3.8) is 0 Å². The number of benzene rings is 1. The van der Waals surface area contributed by atoms with E-state index < -0.39 is 0 Å². The number of H-pyrrole nitrogens is 1. The molecule has 0 unspecified atom stereocenters. The van der Waals surface area contributed by atoms with Gasteiger partial charge >= 0.3 is 0 Å². The number of hydrogen-bond donors (Lipinski definition) is 3. The lowest BCUT2D eigenvalue weighted by Crippen LogP contribution is -2.31. The second-order valence-electron chi connectivity index (χ2n) is 7.32. The fraction of sp³-hybridized carbons (Fsp3) is 0.350. The molecular weight excluding hydrogens is 390 g/mol. The Morgan fingerprint density at radius 3 is 2.86 bits per heavy atom. The molecule has 0 aliphatic rings. The highest BCUT2D eigenvalue weighted by Gasteiger charge is 2.18.